The summed E-state index contributed by atoms with van der Waals surface area (Å²) in [6.07, 6.45) is 0. The van der Waals surface area contributed by atoms with Crippen LogP contribution in [0.1, 0.15) is 50.5 Å². The van der Waals surface area contributed by atoms with Gasteiger partial charge in [0.1, 0.15) is 5.60 Å². The molecule has 3 aromatic rings. The summed E-state index contributed by atoms with van der Waals surface area (Å²) < 4.78 is 0. The summed E-state index contributed by atoms with van der Waals surface area (Å²) in [5.41, 5.74) is 6.69. The van der Waals surface area contributed by atoms with Gasteiger partial charge in [-0.05, 0) is 55.8 Å². The molecule has 33 heavy (non-hydrogen) atoms. The molecule has 0 aliphatic rings. The molecule has 3 rings (SSSR count). The third-order valence-corrected chi connectivity index (χ3v) is 4.66. The molecule has 0 bridgehead atoms. The van der Waals surface area contributed by atoms with E-state index in [-0.39, 0.29) is 16.7 Å². The number of benzene rings is 3. The van der Waals surface area contributed by atoms with E-state index in [0.29, 0.717) is 5.69 Å². The topological polar surface area (TPSA) is 130 Å². The number of amides is 2. The molecule has 0 aromatic heterocycles. The Labute approximate surface area is 190 Å². The van der Waals surface area contributed by atoms with Gasteiger partial charge >= 0.3 is 5.97 Å². The van der Waals surface area contributed by atoms with Crippen LogP contribution in [0.2, 0.25) is 0 Å². The molecule has 0 spiro atoms. The number of primary amides is 1. The van der Waals surface area contributed by atoms with Crippen molar-refractivity contribution in [1.29, 1.82) is 0 Å². The highest BCUT2D eigenvalue weighted by atomic mass is 16.4. The van der Waals surface area contributed by atoms with Gasteiger partial charge in [-0.2, -0.15) is 0 Å². The Morgan fingerprint density at radius 2 is 1.61 bits per heavy atom. The monoisotopic (exact) mass is 442 g/mol. The molecule has 5 N–H and O–H groups in total. The molecule has 2 amide bonds. The summed E-state index contributed by atoms with van der Waals surface area (Å²) in [5, 5.41) is 21.7. The number of aliphatic hydroxyl groups is 1. The second-order valence-electron chi connectivity index (χ2n) is 7.82. The third kappa shape index (κ3) is 5.85. The number of para-hydroxylation sites is 1. The van der Waals surface area contributed by atoms with Crippen molar-refractivity contribution in [2.45, 2.75) is 19.4 Å². The molecule has 0 saturated heterocycles. The van der Waals surface area contributed by atoms with E-state index in [1.807, 2.05) is 36.4 Å². The van der Waals surface area contributed by atoms with Crippen LogP contribution in [0.15, 0.2) is 66.7 Å². The molecule has 0 saturated carbocycles. The fourth-order valence-electron chi connectivity index (χ4n) is 3.07. The lowest BCUT2D eigenvalue weighted by molar-refractivity contribution is 0.0696. The fourth-order valence-corrected chi connectivity index (χ4v) is 3.07. The number of nitrogens with one attached hydrogen (secondary N) is 1. The van der Waals surface area contributed by atoms with E-state index in [9.17, 15) is 19.5 Å². The van der Waals surface area contributed by atoms with Crippen molar-refractivity contribution in [3.05, 3.63) is 89.0 Å². The first-order valence-corrected chi connectivity index (χ1v) is 9.99. The number of carbonyl (C=O) groups is 3. The maximum absolute atomic E-state index is 12.9. The molecule has 7 heteroatoms. The SMILES string of the molecule is CC(C)(O)C#Cc1ccc(-c2ccccc2NC(=O)c2ccc(C(=O)O)cc2C(N)=O)cc1. The third-order valence-electron chi connectivity index (χ3n) is 4.66. The van der Waals surface area contributed by atoms with Crippen molar-refractivity contribution in [2.24, 2.45) is 5.73 Å². The van der Waals surface area contributed by atoms with Crippen LogP contribution in [-0.2, 0) is 0 Å². The average Bonchev–Trinajstić information content (AvgIpc) is 2.77. The summed E-state index contributed by atoms with van der Waals surface area (Å²) in [5.74, 6) is 2.93. The highest BCUT2D eigenvalue weighted by Crippen LogP contribution is 2.29. The summed E-state index contributed by atoms with van der Waals surface area (Å²) in [4.78, 5) is 35.9. The molecule has 7 nitrogen and oxygen atoms in total. The van der Waals surface area contributed by atoms with E-state index in [1.54, 1.807) is 26.0 Å². The fraction of sp³-hybridized carbons (Fsp3) is 0.115. The maximum atomic E-state index is 12.9. The zero-order valence-corrected chi connectivity index (χ0v) is 18.0. The van der Waals surface area contributed by atoms with Crippen LogP contribution in [0.3, 0.4) is 0 Å². The molecular weight excluding hydrogens is 420 g/mol. The van der Waals surface area contributed by atoms with Crippen LogP contribution in [0.25, 0.3) is 11.1 Å². The highest BCUT2D eigenvalue weighted by molar-refractivity contribution is 6.13. The Hall–Kier alpha value is -4.41. The first kappa shape index (κ1) is 23.3. The molecule has 0 unspecified atom stereocenters. The standard InChI is InChI=1S/C26H22N2O5/c1-26(2,33)14-13-16-7-9-17(10-8-16)19-5-3-4-6-22(19)28-24(30)20-12-11-18(25(31)32)15-21(20)23(27)29/h3-12,15,33H,1-2H3,(H2,27,29)(H,28,30)(H,31,32). The predicted octanol–water partition coefficient (Wildman–Crippen LogP) is 3.53. The van der Waals surface area contributed by atoms with E-state index < -0.39 is 23.4 Å². The van der Waals surface area contributed by atoms with Gasteiger partial charge in [-0.15, -0.1) is 0 Å². The number of nitrogens with two attached hydrogens (primary N) is 1. The molecule has 0 heterocycles. The summed E-state index contributed by atoms with van der Waals surface area (Å²) in [7, 11) is 0. The Kier molecular flexibility index (Phi) is 6.61. The molecule has 3 aromatic carbocycles. The summed E-state index contributed by atoms with van der Waals surface area (Å²) in [6, 6.07) is 18.0. The van der Waals surface area contributed by atoms with Crippen LogP contribution in [0, 0.1) is 11.8 Å². The molecule has 0 atom stereocenters. The lowest BCUT2D eigenvalue weighted by atomic mass is 10.00. The van der Waals surface area contributed by atoms with Gasteiger partial charge in [-0.25, -0.2) is 4.79 Å². The number of hydrogen-bond acceptors (Lipinski definition) is 4. The van der Waals surface area contributed by atoms with Gasteiger partial charge in [0.05, 0.1) is 16.7 Å². The number of hydrogen-bond donors (Lipinski definition) is 4. The van der Waals surface area contributed by atoms with Crippen LogP contribution >= 0.6 is 0 Å². The van der Waals surface area contributed by atoms with Crippen molar-refractivity contribution < 1.29 is 24.6 Å². The van der Waals surface area contributed by atoms with Crippen molar-refractivity contribution in [1.82, 2.24) is 0 Å². The van der Waals surface area contributed by atoms with Gasteiger partial charge in [0.25, 0.3) is 5.91 Å². The average molecular weight is 442 g/mol. The zero-order valence-electron chi connectivity index (χ0n) is 18.0. The minimum absolute atomic E-state index is 0.0282. The van der Waals surface area contributed by atoms with E-state index in [0.717, 1.165) is 22.8 Å². The van der Waals surface area contributed by atoms with E-state index in [4.69, 9.17) is 10.8 Å². The van der Waals surface area contributed by atoms with Crippen molar-refractivity contribution >= 4 is 23.5 Å². The lowest BCUT2D eigenvalue weighted by Crippen LogP contribution is -2.21. The molecule has 0 aliphatic heterocycles. The predicted molar refractivity (Wildman–Crippen MR) is 125 cm³/mol. The van der Waals surface area contributed by atoms with E-state index in [2.05, 4.69) is 17.2 Å². The van der Waals surface area contributed by atoms with Crippen molar-refractivity contribution in [3.8, 4) is 23.0 Å². The Bertz CT molecular complexity index is 1290. The van der Waals surface area contributed by atoms with Crippen LogP contribution in [0.5, 0.6) is 0 Å². The number of carboxylic acid groups (broad SMARTS) is 1. The smallest absolute Gasteiger partial charge is 0.335 e. The molecular formula is C26H22N2O5. The van der Waals surface area contributed by atoms with Crippen LogP contribution in [0.4, 0.5) is 5.69 Å². The van der Waals surface area contributed by atoms with Gasteiger partial charge in [0, 0.05) is 16.8 Å². The largest absolute Gasteiger partial charge is 0.478 e. The van der Waals surface area contributed by atoms with E-state index in [1.165, 1.54) is 12.1 Å². The Morgan fingerprint density at radius 3 is 2.21 bits per heavy atom. The normalized spacial score (nSPS) is 10.6. The van der Waals surface area contributed by atoms with Gasteiger partial charge < -0.3 is 21.3 Å². The minimum Gasteiger partial charge on any atom is -0.478 e. The molecule has 0 fully saturated rings. The zero-order chi connectivity index (χ0) is 24.2. The van der Waals surface area contributed by atoms with Crippen LogP contribution in [-0.4, -0.2) is 33.6 Å². The Morgan fingerprint density at radius 1 is 0.939 bits per heavy atom. The summed E-state index contributed by atoms with van der Waals surface area (Å²) in [6.45, 7) is 3.21. The first-order chi connectivity index (χ1) is 15.5. The molecule has 0 aliphatic carbocycles. The van der Waals surface area contributed by atoms with Crippen LogP contribution < -0.4 is 11.1 Å². The van der Waals surface area contributed by atoms with Crippen molar-refractivity contribution in [3.63, 3.8) is 0 Å². The quantitative estimate of drug-likeness (QED) is 0.449. The summed E-state index contributed by atoms with van der Waals surface area (Å²) >= 11 is 0. The van der Waals surface area contributed by atoms with E-state index >= 15 is 0 Å². The second kappa shape index (κ2) is 9.39. The number of anilines is 1. The highest BCUT2D eigenvalue weighted by Gasteiger charge is 2.19. The molecule has 0 radical (unpaired) electrons. The van der Waals surface area contributed by atoms with Gasteiger partial charge in [-0.1, -0.05) is 42.2 Å². The first-order valence-electron chi connectivity index (χ1n) is 9.99. The minimum atomic E-state index is -1.23. The Balaban J connectivity index is 1.92. The van der Waals surface area contributed by atoms with Gasteiger partial charge in [0.2, 0.25) is 5.91 Å². The number of aromatic carboxylic acids is 1. The van der Waals surface area contributed by atoms with Gasteiger partial charge in [0.15, 0.2) is 0 Å². The van der Waals surface area contributed by atoms with Crippen molar-refractivity contribution in [2.75, 3.05) is 5.32 Å². The maximum Gasteiger partial charge on any atom is 0.335 e. The number of carbonyl (C=O) groups excluding carboxylic acids is 2. The lowest BCUT2D eigenvalue weighted by Gasteiger charge is -2.13. The number of rotatable bonds is 5. The number of carboxylic acids is 1. The van der Waals surface area contributed by atoms with Gasteiger partial charge in [-0.3, -0.25) is 9.59 Å². The second-order valence-corrected chi connectivity index (χ2v) is 7.82. The molecule has 166 valence electrons.